The lowest BCUT2D eigenvalue weighted by Crippen LogP contribution is -2.21. The summed E-state index contributed by atoms with van der Waals surface area (Å²) in [5.74, 6) is 0.640. The first-order chi connectivity index (χ1) is 13.1. The molecule has 0 fully saturated rings. The minimum atomic E-state index is 0.640. The van der Waals surface area contributed by atoms with Crippen molar-refractivity contribution in [3.8, 4) is 0 Å². The number of hydrogen-bond acceptors (Lipinski definition) is 4. The van der Waals surface area contributed by atoms with Gasteiger partial charge in [-0.2, -0.15) is 0 Å². The van der Waals surface area contributed by atoms with Gasteiger partial charge in [0.15, 0.2) is 5.88 Å². The van der Waals surface area contributed by atoms with Crippen molar-refractivity contribution in [1.29, 1.82) is 0 Å². The topological polar surface area (TPSA) is 59.3 Å². The quantitative estimate of drug-likeness (QED) is 0.248. The first kappa shape index (κ1) is 36.2. The van der Waals surface area contributed by atoms with E-state index in [2.05, 4.69) is 63.5 Å². The first-order valence-electron chi connectivity index (χ1n) is 9.78. The van der Waals surface area contributed by atoms with Crippen LogP contribution in [0, 0.1) is 0 Å². The molecule has 0 aliphatic rings. The maximum atomic E-state index is 4.83. The van der Waals surface area contributed by atoms with E-state index in [1.807, 2.05) is 19.1 Å². The van der Waals surface area contributed by atoms with E-state index >= 15 is 0 Å². The van der Waals surface area contributed by atoms with Crippen LogP contribution in [-0.2, 0) is 4.74 Å². The highest BCUT2D eigenvalue weighted by atomic mass is 16.5. The minimum absolute atomic E-state index is 0.640. The smallest absolute Gasteiger partial charge is 0.178 e. The van der Waals surface area contributed by atoms with Gasteiger partial charge in [0.05, 0.1) is 7.11 Å². The van der Waals surface area contributed by atoms with E-state index in [1.165, 1.54) is 26.3 Å². The van der Waals surface area contributed by atoms with Crippen LogP contribution in [0.25, 0.3) is 0 Å². The second-order valence-electron chi connectivity index (χ2n) is 4.85. The van der Waals surface area contributed by atoms with Gasteiger partial charge in [-0.1, -0.05) is 90.2 Å². The summed E-state index contributed by atoms with van der Waals surface area (Å²) in [5, 5.41) is 6.26. The van der Waals surface area contributed by atoms with Crippen molar-refractivity contribution in [3.05, 3.63) is 62.6 Å². The Morgan fingerprint density at radius 2 is 1.44 bits per heavy atom. The van der Waals surface area contributed by atoms with Crippen LogP contribution < -0.4 is 16.4 Å². The lowest BCUT2D eigenvalue weighted by molar-refractivity contribution is 0.263. The van der Waals surface area contributed by atoms with Crippen LogP contribution in [0.4, 0.5) is 0 Å². The normalized spacial score (nSPS) is 7.96. The maximum absolute atomic E-state index is 4.83. The second kappa shape index (κ2) is 49.6. The summed E-state index contributed by atoms with van der Waals surface area (Å²) in [4.78, 5) is 0. The zero-order valence-electron chi connectivity index (χ0n) is 19.2. The highest BCUT2D eigenvalue weighted by molar-refractivity contribution is 4.94. The molecule has 0 aromatic heterocycles. The van der Waals surface area contributed by atoms with Gasteiger partial charge >= 0.3 is 0 Å². The molecule has 0 aromatic rings. The third-order valence-electron chi connectivity index (χ3n) is 2.55. The molecule has 27 heavy (non-hydrogen) atoms. The number of rotatable bonds is 11. The molecule has 4 nitrogen and oxygen atoms in total. The van der Waals surface area contributed by atoms with Crippen molar-refractivity contribution < 1.29 is 4.74 Å². The van der Waals surface area contributed by atoms with Crippen molar-refractivity contribution in [1.82, 2.24) is 10.6 Å². The molecule has 0 amide bonds. The average molecular weight is 384 g/mol. The third-order valence-corrected chi connectivity index (χ3v) is 2.55. The van der Waals surface area contributed by atoms with Gasteiger partial charge in [0.2, 0.25) is 0 Å². The fourth-order valence-electron chi connectivity index (χ4n) is 1.18. The van der Waals surface area contributed by atoms with E-state index in [1.54, 1.807) is 25.3 Å². The monoisotopic (exact) mass is 383 g/mol. The SMILES string of the molecule is C=C(NCCCNCC)OC.C=C/C=C\C.C=CC=C.CCCCC.CN. The van der Waals surface area contributed by atoms with Gasteiger partial charge < -0.3 is 21.1 Å². The summed E-state index contributed by atoms with van der Waals surface area (Å²) in [6.07, 6.45) is 14.0. The van der Waals surface area contributed by atoms with Crippen molar-refractivity contribution in [2.24, 2.45) is 5.73 Å². The summed E-state index contributed by atoms with van der Waals surface area (Å²) in [6, 6.07) is 0. The van der Waals surface area contributed by atoms with Crippen LogP contribution in [0.3, 0.4) is 0 Å². The maximum Gasteiger partial charge on any atom is 0.178 e. The average Bonchev–Trinajstić information content (AvgIpc) is 2.71. The Labute approximate surface area is 171 Å². The van der Waals surface area contributed by atoms with Crippen LogP contribution >= 0.6 is 0 Å². The van der Waals surface area contributed by atoms with E-state index in [-0.39, 0.29) is 0 Å². The molecule has 0 aliphatic carbocycles. The standard InChI is InChI=1S/C8H18N2O.C5H12.C5H8.C4H6.CH5N/c1-4-9-6-5-7-10-8(2)11-3;2*1-3-5-4-2;1-3-4-2;1-2/h9-10H,2,4-7H2,1,3H3;3-5H2,1-2H3;3-5H,1H2,2H3;3-4H,1-2H2;2H2,1H3/b;;5-4-;;. The molecule has 162 valence electrons. The van der Waals surface area contributed by atoms with E-state index < -0.39 is 0 Å². The first-order valence-corrected chi connectivity index (χ1v) is 9.78. The molecule has 0 aliphatic heterocycles. The molecule has 0 unspecified atom stereocenters. The van der Waals surface area contributed by atoms with Gasteiger partial charge in [-0.15, -0.1) is 0 Å². The molecular weight excluding hydrogens is 334 g/mol. The van der Waals surface area contributed by atoms with Crippen LogP contribution in [0.5, 0.6) is 0 Å². The van der Waals surface area contributed by atoms with Gasteiger partial charge in [0.1, 0.15) is 0 Å². The molecule has 0 bridgehead atoms. The Hall–Kier alpha value is -1.78. The van der Waals surface area contributed by atoms with E-state index in [0.29, 0.717) is 5.88 Å². The van der Waals surface area contributed by atoms with Crippen molar-refractivity contribution >= 4 is 0 Å². The lowest BCUT2D eigenvalue weighted by Gasteiger charge is -2.07. The number of nitrogens with one attached hydrogen (secondary N) is 2. The van der Waals surface area contributed by atoms with E-state index in [4.69, 9.17) is 4.74 Å². The van der Waals surface area contributed by atoms with Gasteiger partial charge in [-0.3, -0.25) is 0 Å². The fraction of sp³-hybridized carbons (Fsp3) is 0.565. The van der Waals surface area contributed by atoms with Crippen molar-refractivity contribution in [2.75, 3.05) is 33.8 Å². The molecule has 0 aromatic carbocycles. The molecule has 4 N–H and O–H groups in total. The van der Waals surface area contributed by atoms with Gasteiger partial charge in [-0.25, -0.2) is 0 Å². The number of unbranched alkanes of at least 4 members (excludes halogenated alkanes) is 2. The van der Waals surface area contributed by atoms with Gasteiger partial charge in [-0.05, 0) is 40.1 Å². The van der Waals surface area contributed by atoms with Crippen molar-refractivity contribution in [3.63, 3.8) is 0 Å². The Morgan fingerprint density at radius 1 is 0.926 bits per heavy atom. The Kier molecular flexibility index (Phi) is 66.5. The molecule has 0 spiro atoms. The van der Waals surface area contributed by atoms with Crippen LogP contribution in [0.15, 0.2) is 62.6 Å². The molecule has 0 rings (SSSR count). The van der Waals surface area contributed by atoms with E-state index in [9.17, 15) is 0 Å². The minimum Gasteiger partial charge on any atom is -0.483 e. The molecule has 0 saturated heterocycles. The summed E-state index contributed by atoms with van der Waals surface area (Å²) in [5.41, 5.74) is 4.50. The fourth-order valence-corrected chi connectivity index (χ4v) is 1.18. The number of ether oxygens (including phenoxy) is 1. The lowest BCUT2D eigenvalue weighted by atomic mass is 10.3. The Balaban J connectivity index is -0.0000000850. The molecule has 0 radical (unpaired) electrons. The predicted octanol–water partition coefficient (Wildman–Crippen LogP) is 5.57. The van der Waals surface area contributed by atoms with E-state index in [0.717, 1.165) is 26.1 Å². The van der Waals surface area contributed by atoms with Crippen LogP contribution in [0.2, 0.25) is 0 Å². The Morgan fingerprint density at radius 3 is 1.67 bits per heavy atom. The zero-order valence-corrected chi connectivity index (χ0v) is 19.2. The summed E-state index contributed by atoms with van der Waals surface area (Å²) >= 11 is 0. The summed E-state index contributed by atoms with van der Waals surface area (Å²) in [7, 11) is 3.11. The van der Waals surface area contributed by atoms with Gasteiger partial charge in [0, 0.05) is 6.54 Å². The summed E-state index contributed by atoms with van der Waals surface area (Å²) < 4.78 is 4.83. The largest absolute Gasteiger partial charge is 0.483 e. The molecule has 0 atom stereocenters. The Bertz CT molecular complexity index is 292. The van der Waals surface area contributed by atoms with Crippen molar-refractivity contribution in [2.45, 2.75) is 53.4 Å². The number of hydrogen-bond donors (Lipinski definition) is 3. The number of methoxy groups -OCH3 is 1. The third kappa shape index (κ3) is 80.1. The molecule has 0 heterocycles. The van der Waals surface area contributed by atoms with Crippen LogP contribution in [-0.4, -0.2) is 33.8 Å². The summed E-state index contributed by atoms with van der Waals surface area (Å²) in [6.45, 7) is 25.3. The van der Waals surface area contributed by atoms with Crippen LogP contribution in [0.1, 0.15) is 53.4 Å². The number of allylic oxidation sites excluding steroid dienone is 5. The molecule has 4 heteroatoms. The molecular formula is C23H49N3O. The predicted molar refractivity (Wildman–Crippen MR) is 128 cm³/mol. The zero-order chi connectivity index (χ0) is 22.2. The number of nitrogens with two attached hydrogens (primary N) is 1. The second-order valence-corrected chi connectivity index (χ2v) is 4.85. The highest BCUT2D eigenvalue weighted by Crippen LogP contribution is 1.88. The highest BCUT2D eigenvalue weighted by Gasteiger charge is 1.88. The van der Waals surface area contributed by atoms with Gasteiger partial charge in [0.25, 0.3) is 0 Å². The molecule has 0 saturated carbocycles.